The Bertz CT molecular complexity index is 129. The zero-order chi connectivity index (χ0) is 8.43. The van der Waals surface area contributed by atoms with Crippen LogP contribution >= 0.6 is 11.6 Å². The molecule has 0 amide bonds. The Balaban J connectivity index is 2.36. The lowest BCUT2D eigenvalue weighted by Crippen LogP contribution is -2.29. The van der Waals surface area contributed by atoms with E-state index in [1.807, 2.05) is 6.92 Å². The van der Waals surface area contributed by atoms with Crippen molar-refractivity contribution in [3.8, 4) is 0 Å². The zero-order valence-electron chi connectivity index (χ0n) is 7.13. The second-order valence-electron chi connectivity index (χ2n) is 3.48. The van der Waals surface area contributed by atoms with Crippen molar-refractivity contribution >= 4 is 11.6 Å². The number of aliphatic hydroxyl groups is 1. The predicted octanol–water partition coefficient (Wildman–Crippen LogP) is 0.926. The van der Waals surface area contributed by atoms with Gasteiger partial charge in [0.2, 0.25) is 0 Å². The third-order valence-corrected chi connectivity index (χ3v) is 2.64. The van der Waals surface area contributed by atoms with Crippen molar-refractivity contribution in [1.82, 2.24) is 4.90 Å². The molecular formula is C8H16ClNO. The SMILES string of the molecule is CC(Cl)C(O)C1CCN(C)C1. The third kappa shape index (κ3) is 2.32. The van der Waals surface area contributed by atoms with Crippen molar-refractivity contribution in [1.29, 1.82) is 0 Å². The largest absolute Gasteiger partial charge is 0.391 e. The van der Waals surface area contributed by atoms with E-state index >= 15 is 0 Å². The first-order valence-electron chi connectivity index (χ1n) is 4.12. The van der Waals surface area contributed by atoms with E-state index in [4.69, 9.17) is 11.6 Å². The fourth-order valence-corrected chi connectivity index (χ4v) is 1.83. The molecule has 1 N–H and O–H groups in total. The number of alkyl halides is 1. The molecule has 1 aliphatic heterocycles. The van der Waals surface area contributed by atoms with Gasteiger partial charge in [-0.3, -0.25) is 0 Å². The van der Waals surface area contributed by atoms with Gasteiger partial charge in [0, 0.05) is 12.5 Å². The van der Waals surface area contributed by atoms with E-state index in [1.165, 1.54) is 0 Å². The Morgan fingerprint density at radius 2 is 2.27 bits per heavy atom. The van der Waals surface area contributed by atoms with Gasteiger partial charge in [-0.25, -0.2) is 0 Å². The van der Waals surface area contributed by atoms with Gasteiger partial charge >= 0.3 is 0 Å². The summed E-state index contributed by atoms with van der Waals surface area (Å²) in [5.74, 6) is 0.382. The molecule has 1 fully saturated rings. The molecule has 0 aromatic heterocycles. The van der Waals surface area contributed by atoms with Crippen molar-refractivity contribution in [2.75, 3.05) is 20.1 Å². The number of hydrogen-bond donors (Lipinski definition) is 1. The first kappa shape index (κ1) is 9.30. The third-order valence-electron chi connectivity index (χ3n) is 2.38. The van der Waals surface area contributed by atoms with Gasteiger partial charge in [-0.1, -0.05) is 0 Å². The molecule has 1 heterocycles. The molecule has 66 valence electrons. The van der Waals surface area contributed by atoms with Crippen molar-refractivity contribution in [3.05, 3.63) is 0 Å². The summed E-state index contributed by atoms with van der Waals surface area (Å²) in [5, 5.41) is 9.47. The van der Waals surface area contributed by atoms with Crippen LogP contribution in [0.3, 0.4) is 0 Å². The number of nitrogens with zero attached hydrogens (tertiary/aromatic N) is 1. The molecule has 3 heteroatoms. The highest BCUT2D eigenvalue weighted by Gasteiger charge is 2.28. The predicted molar refractivity (Wildman–Crippen MR) is 46.9 cm³/mol. The summed E-state index contributed by atoms with van der Waals surface area (Å²) in [5.41, 5.74) is 0. The minimum atomic E-state index is -0.332. The summed E-state index contributed by atoms with van der Waals surface area (Å²) in [6, 6.07) is 0. The Morgan fingerprint density at radius 3 is 2.64 bits per heavy atom. The van der Waals surface area contributed by atoms with E-state index in [9.17, 15) is 5.11 Å². The second-order valence-corrected chi connectivity index (χ2v) is 4.17. The van der Waals surface area contributed by atoms with Crippen molar-refractivity contribution < 1.29 is 5.11 Å². The van der Waals surface area contributed by atoms with Crippen LogP contribution in [0.25, 0.3) is 0 Å². The molecule has 0 aliphatic carbocycles. The van der Waals surface area contributed by atoms with Crippen LogP contribution in [0.2, 0.25) is 0 Å². The maximum absolute atomic E-state index is 9.59. The standard InChI is InChI=1S/C8H16ClNO/c1-6(9)8(11)7-3-4-10(2)5-7/h6-8,11H,3-5H2,1-2H3. The summed E-state index contributed by atoms with van der Waals surface area (Å²) in [4.78, 5) is 2.23. The molecular weight excluding hydrogens is 162 g/mol. The van der Waals surface area contributed by atoms with E-state index in [2.05, 4.69) is 11.9 Å². The van der Waals surface area contributed by atoms with Crippen LogP contribution in [0, 0.1) is 5.92 Å². The number of rotatable bonds is 2. The molecule has 1 rings (SSSR count). The Kier molecular flexibility index (Phi) is 3.16. The van der Waals surface area contributed by atoms with E-state index in [1.54, 1.807) is 0 Å². The first-order valence-corrected chi connectivity index (χ1v) is 4.55. The molecule has 11 heavy (non-hydrogen) atoms. The zero-order valence-corrected chi connectivity index (χ0v) is 7.88. The van der Waals surface area contributed by atoms with Gasteiger partial charge in [0.15, 0.2) is 0 Å². The fraction of sp³-hybridized carbons (Fsp3) is 1.00. The topological polar surface area (TPSA) is 23.5 Å². The monoisotopic (exact) mass is 177 g/mol. The summed E-state index contributed by atoms with van der Waals surface area (Å²) in [6.07, 6.45) is 0.746. The van der Waals surface area contributed by atoms with Crippen LogP contribution in [0.5, 0.6) is 0 Å². The van der Waals surface area contributed by atoms with E-state index < -0.39 is 0 Å². The lowest BCUT2D eigenvalue weighted by Gasteiger charge is -2.19. The average molecular weight is 178 g/mol. The molecule has 0 radical (unpaired) electrons. The van der Waals surface area contributed by atoms with Gasteiger partial charge in [-0.2, -0.15) is 0 Å². The molecule has 2 nitrogen and oxygen atoms in total. The van der Waals surface area contributed by atoms with Crippen LogP contribution in [-0.2, 0) is 0 Å². The molecule has 0 aromatic carbocycles. The summed E-state index contributed by atoms with van der Waals surface area (Å²) < 4.78 is 0. The normalized spacial score (nSPS) is 32.2. The van der Waals surface area contributed by atoms with Crippen LogP contribution in [-0.4, -0.2) is 41.6 Å². The summed E-state index contributed by atoms with van der Waals surface area (Å²) in [6.45, 7) is 3.92. The fourth-order valence-electron chi connectivity index (χ4n) is 1.62. The number of halogens is 1. The molecule has 1 aliphatic rings. The lowest BCUT2D eigenvalue weighted by atomic mass is 10.00. The Labute approximate surface area is 73.1 Å². The van der Waals surface area contributed by atoms with Gasteiger partial charge in [-0.05, 0) is 26.9 Å². The van der Waals surface area contributed by atoms with Crippen LogP contribution < -0.4 is 0 Å². The van der Waals surface area contributed by atoms with Crippen LogP contribution in [0.15, 0.2) is 0 Å². The maximum Gasteiger partial charge on any atom is 0.0741 e. The highest BCUT2D eigenvalue weighted by molar-refractivity contribution is 6.20. The second kappa shape index (κ2) is 3.74. The molecule has 0 aromatic rings. The summed E-state index contributed by atoms with van der Waals surface area (Å²) in [7, 11) is 2.08. The molecule has 3 unspecified atom stereocenters. The molecule has 0 bridgehead atoms. The molecule has 0 saturated carbocycles. The van der Waals surface area contributed by atoms with Crippen molar-refractivity contribution in [2.24, 2.45) is 5.92 Å². The van der Waals surface area contributed by atoms with Crippen molar-refractivity contribution in [3.63, 3.8) is 0 Å². The first-order chi connectivity index (χ1) is 5.11. The van der Waals surface area contributed by atoms with Crippen molar-refractivity contribution in [2.45, 2.75) is 24.8 Å². The van der Waals surface area contributed by atoms with Gasteiger partial charge in [0.05, 0.1) is 11.5 Å². The quantitative estimate of drug-likeness (QED) is 0.635. The number of likely N-dealkylation sites (tertiary alicyclic amines) is 1. The van der Waals surface area contributed by atoms with Crippen LogP contribution in [0.4, 0.5) is 0 Å². The number of aliphatic hydroxyl groups excluding tert-OH is 1. The van der Waals surface area contributed by atoms with E-state index in [0.717, 1.165) is 19.5 Å². The number of hydrogen-bond acceptors (Lipinski definition) is 2. The average Bonchev–Trinajstić information content (AvgIpc) is 2.34. The molecule has 0 spiro atoms. The maximum atomic E-state index is 9.59. The van der Waals surface area contributed by atoms with Gasteiger partial charge in [-0.15, -0.1) is 11.6 Å². The van der Waals surface area contributed by atoms with Gasteiger partial charge in [0.1, 0.15) is 0 Å². The van der Waals surface area contributed by atoms with E-state index in [0.29, 0.717) is 5.92 Å². The Morgan fingerprint density at radius 1 is 1.64 bits per heavy atom. The minimum absolute atomic E-state index is 0.119. The summed E-state index contributed by atoms with van der Waals surface area (Å²) >= 11 is 5.79. The highest BCUT2D eigenvalue weighted by atomic mass is 35.5. The lowest BCUT2D eigenvalue weighted by molar-refractivity contribution is 0.111. The molecule has 1 saturated heterocycles. The van der Waals surface area contributed by atoms with Crippen LogP contribution in [0.1, 0.15) is 13.3 Å². The molecule has 3 atom stereocenters. The van der Waals surface area contributed by atoms with Gasteiger partial charge in [0.25, 0.3) is 0 Å². The van der Waals surface area contributed by atoms with E-state index in [-0.39, 0.29) is 11.5 Å². The Hall–Kier alpha value is 0.210. The minimum Gasteiger partial charge on any atom is -0.391 e. The van der Waals surface area contributed by atoms with Gasteiger partial charge < -0.3 is 10.0 Å². The smallest absolute Gasteiger partial charge is 0.0741 e. The highest BCUT2D eigenvalue weighted by Crippen LogP contribution is 2.22.